The molecule has 8 atom stereocenters. The molecule has 15 heteroatoms. The molecule has 1 aromatic carbocycles. The summed E-state index contributed by atoms with van der Waals surface area (Å²) in [5.74, 6) is -3.99. The number of pyridine rings is 1. The summed E-state index contributed by atoms with van der Waals surface area (Å²) in [6.45, 7) is 7.60. The number of aliphatic carboxylic acids is 2. The Bertz CT molecular complexity index is 2230. The number of nitrogens with zero attached hydrogens (tertiary/aromatic N) is 2. The molecular weight excluding hydrogens is 765 g/mol. The number of benzene rings is 1. The molecule has 1 aromatic heterocycles. The standard InChI is InChI=1S/C40H48FN3O7.C4H4O4/c1-21-18-43(14-13-42-21)35-30(41)16-26-34(37(35)50-4)44(23-6-7-23)19-27(36(26)48)38(49)51-20-32(47)29-10-9-28-25-8-5-22-15-24(45)11-12-39(22,2)33(25)31(46)17-40(28,29)3;5-3(6)1-2-4(7)8/h11-12,15-16,19,21,23,25,28-29,31,33,42,46H,5-10,13-14,17-18,20H2,1-4H3;1-2H,(H,5,6)(H,7,8)/b;2-1+. The van der Waals surface area contributed by atoms with E-state index in [1.54, 1.807) is 12.2 Å². The van der Waals surface area contributed by atoms with Crippen molar-refractivity contribution in [3.63, 3.8) is 0 Å². The number of ketones is 2. The van der Waals surface area contributed by atoms with Crippen LogP contribution in [0.2, 0.25) is 0 Å². The van der Waals surface area contributed by atoms with Crippen LogP contribution in [0.25, 0.3) is 10.9 Å². The molecule has 8 rings (SSSR count). The number of carbonyl (C=O) groups excluding carboxylic acids is 3. The largest absolute Gasteiger partial charge is 0.492 e. The van der Waals surface area contributed by atoms with Gasteiger partial charge in [-0.3, -0.25) is 14.4 Å². The number of carboxylic acid groups (broad SMARTS) is 2. The van der Waals surface area contributed by atoms with Crippen molar-refractivity contribution in [1.29, 1.82) is 0 Å². The molecule has 2 aromatic rings. The number of ether oxygens (including phenoxy) is 2. The fourth-order valence-corrected chi connectivity index (χ4v) is 11.2. The van der Waals surface area contributed by atoms with Crippen molar-refractivity contribution in [3.05, 3.63) is 69.8 Å². The van der Waals surface area contributed by atoms with Gasteiger partial charge in [0.05, 0.1) is 24.1 Å². The number of carbonyl (C=O) groups is 5. The van der Waals surface area contributed by atoms with Crippen LogP contribution in [0, 0.1) is 40.3 Å². The number of rotatable bonds is 9. The number of anilines is 1. The third-order valence-electron chi connectivity index (χ3n) is 13.8. The number of carboxylic acids is 2. The third-order valence-corrected chi connectivity index (χ3v) is 13.8. The summed E-state index contributed by atoms with van der Waals surface area (Å²) in [6.07, 6.45) is 12.5. The average molecular weight is 818 g/mol. The molecule has 8 unspecified atom stereocenters. The summed E-state index contributed by atoms with van der Waals surface area (Å²) in [5, 5.41) is 30.7. The molecule has 0 radical (unpaired) electrons. The van der Waals surface area contributed by atoms with Gasteiger partial charge in [0.2, 0.25) is 5.43 Å². The van der Waals surface area contributed by atoms with Gasteiger partial charge in [-0.1, -0.05) is 25.5 Å². The zero-order valence-corrected chi connectivity index (χ0v) is 33.7. The van der Waals surface area contributed by atoms with Crippen molar-refractivity contribution in [2.45, 2.75) is 83.9 Å². The lowest BCUT2D eigenvalue weighted by molar-refractivity contribution is -0.141. The Morgan fingerprint density at radius 1 is 1.05 bits per heavy atom. The number of allylic oxidation sites excluding steroid dienone is 4. The van der Waals surface area contributed by atoms with E-state index in [0.717, 1.165) is 37.7 Å². The monoisotopic (exact) mass is 817 g/mol. The Balaban J connectivity index is 0.000000600. The van der Waals surface area contributed by atoms with Crippen LogP contribution in [0.4, 0.5) is 10.1 Å². The molecule has 4 saturated carbocycles. The Morgan fingerprint density at radius 2 is 1.76 bits per heavy atom. The molecule has 1 saturated heterocycles. The summed E-state index contributed by atoms with van der Waals surface area (Å²) in [7, 11) is 1.47. The number of fused-ring (bicyclic) bond motifs is 6. The zero-order valence-electron chi connectivity index (χ0n) is 33.7. The lowest BCUT2D eigenvalue weighted by Gasteiger charge is -2.58. The minimum Gasteiger partial charge on any atom is -0.492 e. The second kappa shape index (κ2) is 16.1. The molecule has 6 aliphatic rings. The highest BCUT2D eigenvalue weighted by atomic mass is 19.1. The number of hydrogen-bond donors (Lipinski definition) is 4. The first-order chi connectivity index (χ1) is 28.0. The smallest absolute Gasteiger partial charge is 0.344 e. The van der Waals surface area contributed by atoms with Gasteiger partial charge in [0.25, 0.3) is 0 Å². The lowest BCUT2D eigenvalue weighted by Crippen LogP contribution is -2.56. The molecular formula is C44H52FN3O11. The quantitative estimate of drug-likeness (QED) is 0.202. The van der Waals surface area contributed by atoms with Gasteiger partial charge in [0.15, 0.2) is 29.7 Å². The summed E-state index contributed by atoms with van der Waals surface area (Å²) in [4.78, 5) is 74.6. The van der Waals surface area contributed by atoms with Crippen LogP contribution in [0.5, 0.6) is 5.75 Å². The second-order valence-electron chi connectivity index (χ2n) is 17.4. The Labute approximate surface area is 340 Å². The van der Waals surface area contributed by atoms with Crippen molar-refractivity contribution in [1.82, 2.24) is 9.88 Å². The van der Waals surface area contributed by atoms with Crippen LogP contribution in [-0.2, 0) is 23.9 Å². The molecule has 316 valence electrons. The van der Waals surface area contributed by atoms with E-state index in [1.165, 1.54) is 19.4 Å². The lowest BCUT2D eigenvalue weighted by atomic mass is 9.46. The minimum atomic E-state index is -1.26. The summed E-state index contributed by atoms with van der Waals surface area (Å²) < 4.78 is 29.2. The predicted octanol–water partition coefficient (Wildman–Crippen LogP) is 4.61. The van der Waals surface area contributed by atoms with E-state index in [9.17, 15) is 33.9 Å². The highest BCUT2D eigenvalue weighted by Gasteiger charge is 2.62. The summed E-state index contributed by atoms with van der Waals surface area (Å²) in [6, 6.07) is 1.37. The van der Waals surface area contributed by atoms with E-state index in [2.05, 4.69) is 19.2 Å². The van der Waals surface area contributed by atoms with Gasteiger partial charge in [-0.25, -0.2) is 18.8 Å². The predicted molar refractivity (Wildman–Crippen MR) is 214 cm³/mol. The molecule has 5 aliphatic carbocycles. The third kappa shape index (κ3) is 7.74. The number of hydrogen-bond acceptors (Lipinski definition) is 11. The van der Waals surface area contributed by atoms with E-state index in [1.807, 2.05) is 22.5 Å². The molecule has 0 spiro atoms. The van der Waals surface area contributed by atoms with Gasteiger partial charge >= 0.3 is 17.9 Å². The number of piperazine rings is 1. The maximum absolute atomic E-state index is 15.9. The SMILES string of the molecule is COc1c(N2CCNC(C)C2)c(F)cc2c(=O)c(C(=O)OCC(=O)C3CCC4C5CCC6=CC(=O)C=CC6(C)C5C(O)CC34C)cn(C3CC3)c12.O=C(O)/C=C/C(=O)O. The Hall–Kier alpha value is -5.15. The highest BCUT2D eigenvalue weighted by Crippen LogP contribution is 2.66. The molecule has 0 bridgehead atoms. The summed E-state index contributed by atoms with van der Waals surface area (Å²) in [5.41, 5.74) is 0.0859. The molecule has 0 amide bonds. The van der Waals surface area contributed by atoms with Gasteiger partial charge in [-0.15, -0.1) is 0 Å². The maximum Gasteiger partial charge on any atom is 0.344 e. The molecule has 59 heavy (non-hydrogen) atoms. The van der Waals surface area contributed by atoms with Gasteiger partial charge in [0.1, 0.15) is 11.3 Å². The molecule has 5 fully saturated rings. The van der Waals surface area contributed by atoms with Crippen LogP contribution in [0.15, 0.2) is 53.0 Å². The van der Waals surface area contributed by atoms with Crippen LogP contribution >= 0.6 is 0 Å². The number of esters is 1. The van der Waals surface area contributed by atoms with Gasteiger partial charge in [-0.05, 0) is 87.3 Å². The average Bonchev–Trinajstić information content (AvgIpc) is 3.97. The number of Topliss-reactive ketones (excluding diaryl/α,β-unsaturated/α-hetero) is 1. The van der Waals surface area contributed by atoms with Crippen LogP contribution in [0.3, 0.4) is 0 Å². The number of nitrogens with one attached hydrogen (secondary N) is 1. The highest BCUT2D eigenvalue weighted by molar-refractivity contribution is 6.01. The van der Waals surface area contributed by atoms with Gasteiger partial charge in [-0.2, -0.15) is 0 Å². The van der Waals surface area contributed by atoms with E-state index in [-0.39, 0.29) is 63.5 Å². The Morgan fingerprint density at radius 3 is 2.41 bits per heavy atom. The van der Waals surface area contributed by atoms with Crippen LogP contribution < -0.4 is 20.4 Å². The molecule has 14 nitrogen and oxygen atoms in total. The first-order valence-electron chi connectivity index (χ1n) is 20.4. The molecule has 2 heterocycles. The number of aliphatic hydroxyl groups excluding tert-OH is 1. The van der Waals surface area contributed by atoms with Crippen LogP contribution in [-0.4, -0.2) is 94.9 Å². The van der Waals surface area contributed by atoms with E-state index < -0.39 is 53.2 Å². The van der Waals surface area contributed by atoms with E-state index in [4.69, 9.17) is 19.7 Å². The summed E-state index contributed by atoms with van der Waals surface area (Å²) >= 11 is 0. The van der Waals surface area contributed by atoms with Crippen molar-refractivity contribution < 1.29 is 53.2 Å². The van der Waals surface area contributed by atoms with Crippen molar-refractivity contribution >= 4 is 46.1 Å². The fourth-order valence-electron chi connectivity index (χ4n) is 11.2. The first kappa shape index (κ1) is 42.0. The number of aliphatic hydroxyl groups is 1. The van der Waals surface area contributed by atoms with Gasteiger partial charge in [0, 0.05) is 67.3 Å². The van der Waals surface area contributed by atoms with Crippen molar-refractivity contribution in [2.24, 2.45) is 34.5 Å². The normalized spacial score (nSPS) is 31.1. The fraction of sp³-hybridized carbons (Fsp3) is 0.545. The number of methoxy groups -OCH3 is 1. The first-order valence-corrected chi connectivity index (χ1v) is 20.4. The number of aromatic nitrogens is 1. The van der Waals surface area contributed by atoms with Gasteiger partial charge < -0.3 is 39.6 Å². The second-order valence-corrected chi connectivity index (χ2v) is 17.4. The van der Waals surface area contributed by atoms with E-state index >= 15 is 4.39 Å². The van der Waals surface area contributed by atoms with Crippen LogP contribution in [0.1, 0.15) is 82.1 Å². The minimum absolute atomic E-state index is 0.00572. The van der Waals surface area contributed by atoms with Crippen molar-refractivity contribution in [3.8, 4) is 5.75 Å². The van der Waals surface area contributed by atoms with Crippen molar-refractivity contribution in [2.75, 3.05) is 38.3 Å². The number of halogens is 1. The topological polar surface area (TPSA) is 202 Å². The maximum atomic E-state index is 15.9. The molecule has 1 aliphatic heterocycles. The zero-order chi connectivity index (χ0) is 42.6. The molecule has 4 N–H and O–H groups in total. The van der Waals surface area contributed by atoms with E-state index in [0.29, 0.717) is 55.8 Å². The Kier molecular flexibility index (Phi) is 11.5.